The average Bonchev–Trinajstić information content (AvgIpc) is 3.55. The van der Waals surface area contributed by atoms with E-state index in [0.717, 1.165) is 36.7 Å². The van der Waals surface area contributed by atoms with Crippen LogP contribution in [0.4, 0.5) is 19.0 Å². The van der Waals surface area contributed by atoms with Gasteiger partial charge in [-0.2, -0.15) is 0 Å². The van der Waals surface area contributed by atoms with Crippen LogP contribution in [0.5, 0.6) is 0 Å². The normalized spacial score (nSPS) is 17.3. The molecule has 0 radical (unpaired) electrons. The Bertz CT molecular complexity index is 1560. The second-order valence-corrected chi connectivity index (χ2v) is 10.1. The summed E-state index contributed by atoms with van der Waals surface area (Å²) in [6, 6.07) is 1.54. The molecule has 1 fully saturated rings. The topological polar surface area (TPSA) is 122 Å². The first-order valence-corrected chi connectivity index (χ1v) is 13.3. The third kappa shape index (κ3) is 5.58. The van der Waals surface area contributed by atoms with Crippen molar-refractivity contribution in [3.05, 3.63) is 57.6 Å². The van der Waals surface area contributed by atoms with Crippen molar-refractivity contribution in [2.75, 3.05) is 11.9 Å². The van der Waals surface area contributed by atoms with Gasteiger partial charge in [0.05, 0.1) is 17.8 Å². The molecule has 1 aliphatic rings. The lowest BCUT2D eigenvalue weighted by Crippen LogP contribution is -2.42. The molecule has 1 saturated carbocycles. The summed E-state index contributed by atoms with van der Waals surface area (Å²) in [6.45, 7) is 3.39. The molecule has 13 heteroatoms. The van der Waals surface area contributed by atoms with E-state index in [1.54, 1.807) is 6.92 Å². The van der Waals surface area contributed by atoms with Crippen molar-refractivity contribution in [3.8, 4) is 11.4 Å². The van der Waals surface area contributed by atoms with Crippen LogP contribution >= 0.6 is 11.3 Å². The molecule has 3 heterocycles. The number of aromatic amines is 1. The Hall–Kier alpha value is -4.00. The Kier molecular flexibility index (Phi) is 7.51. The highest BCUT2D eigenvalue weighted by molar-refractivity contribution is 7.11. The molecule has 0 bridgehead atoms. The predicted octanol–water partition coefficient (Wildman–Crippen LogP) is 5.14. The lowest BCUT2D eigenvalue weighted by atomic mass is 9.91. The Morgan fingerprint density at radius 2 is 1.95 bits per heavy atom. The standard InChI is InChI=1S/C26H25F3N6O3S/c1-3-38-26(37)25-34-19(11-39-25)24(36)33-15-6-4-5-14(9-15)32-23-20(29)12(2)31-22(35-23)17-10-30-21-16(17)7-13(27)8-18(21)28/h7-8,10-11,14-15,30H,3-6,9H2,1-2H3,(H,33,36)(H,31,32,35)/t14-,15+/m0/s1. The zero-order chi connectivity index (χ0) is 27.7. The van der Waals surface area contributed by atoms with Crippen molar-refractivity contribution in [1.82, 2.24) is 25.3 Å². The number of esters is 1. The summed E-state index contributed by atoms with van der Waals surface area (Å²) in [7, 11) is 0. The number of nitrogens with one attached hydrogen (secondary N) is 3. The number of carbonyl (C=O) groups is 2. The van der Waals surface area contributed by atoms with Crippen LogP contribution in [0.15, 0.2) is 23.7 Å². The van der Waals surface area contributed by atoms with Crippen molar-refractivity contribution >= 4 is 39.9 Å². The number of rotatable bonds is 7. The van der Waals surface area contributed by atoms with E-state index in [0.29, 0.717) is 12.0 Å². The summed E-state index contributed by atoms with van der Waals surface area (Å²) in [5.74, 6) is -3.02. The van der Waals surface area contributed by atoms with E-state index < -0.39 is 29.3 Å². The number of hydrogen-bond acceptors (Lipinski definition) is 8. The number of aromatic nitrogens is 4. The molecular weight excluding hydrogens is 533 g/mol. The van der Waals surface area contributed by atoms with E-state index in [-0.39, 0.29) is 57.6 Å². The number of anilines is 1. The van der Waals surface area contributed by atoms with Crippen LogP contribution in [0.25, 0.3) is 22.3 Å². The van der Waals surface area contributed by atoms with Crippen molar-refractivity contribution in [3.63, 3.8) is 0 Å². The average molecular weight is 559 g/mol. The highest BCUT2D eigenvalue weighted by Crippen LogP contribution is 2.31. The molecule has 2 atom stereocenters. The maximum Gasteiger partial charge on any atom is 0.367 e. The van der Waals surface area contributed by atoms with E-state index in [1.165, 1.54) is 24.6 Å². The highest BCUT2D eigenvalue weighted by atomic mass is 32.1. The summed E-state index contributed by atoms with van der Waals surface area (Å²) in [6.07, 6.45) is 4.18. The monoisotopic (exact) mass is 558 g/mol. The van der Waals surface area contributed by atoms with E-state index in [1.807, 2.05) is 0 Å². The summed E-state index contributed by atoms with van der Waals surface area (Å²) in [5.41, 5.74) is 0.655. The summed E-state index contributed by atoms with van der Waals surface area (Å²) < 4.78 is 48.0. The number of halogens is 3. The number of benzene rings is 1. The van der Waals surface area contributed by atoms with Crippen LogP contribution in [0.3, 0.4) is 0 Å². The van der Waals surface area contributed by atoms with Gasteiger partial charge in [-0.3, -0.25) is 4.79 Å². The maximum absolute atomic E-state index is 15.0. The largest absolute Gasteiger partial charge is 0.461 e. The quantitative estimate of drug-likeness (QED) is 0.269. The van der Waals surface area contributed by atoms with E-state index >= 15 is 4.39 Å². The van der Waals surface area contributed by atoms with Gasteiger partial charge in [-0.05, 0) is 45.6 Å². The predicted molar refractivity (Wildman–Crippen MR) is 139 cm³/mol. The number of carbonyl (C=O) groups excluding carboxylic acids is 2. The van der Waals surface area contributed by atoms with Gasteiger partial charge in [0.15, 0.2) is 17.5 Å². The fraction of sp³-hybridized carbons (Fsp3) is 0.346. The first kappa shape index (κ1) is 26.6. The second kappa shape index (κ2) is 11.0. The molecule has 204 valence electrons. The third-order valence-corrected chi connectivity index (χ3v) is 7.32. The van der Waals surface area contributed by atoms with E-state index in [4.69, 9.17) is 4.74 Å². The molecule has 0 saturated heterocycles. The van der Waals surface area contributed by atoms with Gasteiger partial charge in [-0.15, -0.1) is 11.3 Å². The number of nitrogens with zero attached hydrogens (tertiary/aromatic N) is 3. The Morgan fingerprint density at radius 3 is 2.74 bits per heavy atom. The number of H-pyrrole nitrogens is 1. The van der Waals surface area contributed by atoms with Gasteiger partial charge in [0, 0.05) is 40.7 Å². The van der Waals surface area contributed by atoms with Crippen LogP contribution in [-0.2, 0) is 4.74 Å². The number of aryl methyl sites for hydroxylation is 1. The zero-order valence-electron chi connectivity index (χ0n) is 21.1. The first-order chi connectivity index (χ1) is 18.7. The fourth-order valence-electron chi connectivity index (χ4n) is 4.68. The van der Waals surface area contributed by atoms with E-state index in [2.05, 4.69) is 30.6 Å². The lowest BCUT2D eigenvalue weighted by molar-refractivity contribution is 0.0526. The minimum Gasteiger partial charge on any atom is -0.461 e. The molecular formula is C26H25F3N6O3S. The van der Waals surface area contributed by atoms with Crippen LogP contribution < -0.4 is 10.6 Å². The van der Waals surface area contributed by atoms with Crippen LogP contribution in [-0.4, -0.2) is 50.5 Å². The molecule has 3 N–H and O–H groups in total. The Labute approximate surface area is 225 Å². The molecule has 1 amide bonds. The molecule has 9 nitrogen and oxygen atoms in total. The van der Waals surface area contributed by atoms with Crippen molar-refractivity contribution in [2.24, 2.45) is 0 Å². The van der Waals surface area contributed by atoms with Gasteiger partial charge in [0.1, 0.15) is 17.3 Å². The number of amides is 1. The number of ether oxygens (including phenoxy) is 1. The van der Waals surface area contributed by atoms with Crippen molar-refractivity contribution < 1.29 is 27.5 Å². The highest BCUT2D eigenvalue weighted by Gasteiger charge is 2.27. The fourth-order valence-corrected chi connectivity index (χ4v) is 5.37. The van der Waals surface area contributed by atoms with Crippen molar-refractivity contribution in [2.45, 2.75) is 51.6 Å². The molecule has 0 spiro atoms. The van der Waals surface area contributed by atoms with Gasteiger partial charge in [0.25, 0.3) is 5.91 Å². The van der Waals surface area contributed by atoms with Crippen LogP contribution in [0.1, 0.15) is 58.6 Å². The number of thiazole rings is 1. The summed E-state index contributed by atoms with van der Waals surface area (Å²) in [5, 5.41) is 7.92. The SMILES string of the molecule is CCOC(=O)c1nc(C(=O)N[C@@H]2CCC[C@H](Nc3nc(-c4c[nH]c5c(F)cc(F)cc45)nc(C)c3F)C2)cs1. The molecule has 4 aromatic rings. The molecule has 0 unspecified atom stereocenters. The van der Waals surface area contributed by atoms with Gasteiger partial charge in [-0.25, -0.2) is 32.9 Å². The van der Waals surface area contributed by atoms with Crippen LogP contribution in [0, 0.1) is 24.4 Å². The zero-order valence-corrected chi connectivity index (χ0v) is 21.9. The van der Waals surface area contributed by atoms with Gasteiger partial charge in [-0.1, -0.05) is 0 Å². The lowest BCUT2D eigenvalue weighted by Gasteiger charge is -2.30. The van der Waals surface area contributed by atoms with Crippen molar-refractivity contribution in [1.29, 1.82) is 0 Å². The Balaban J connectivity index is 1.30. The Morgan fingerprint density at radius 1 is 1.15 bits per heavy atom. The molecule has 0 aliphatic heterocycles. The van der Waals surface area contributed by atoms with Gasteiger partial charge >= 0.3 is 5.97 Å². The number of fused-ring (bicyclic) bond motifs is 1. The van der Waals surface area contributed by atoms with Gasteiger partial charge < -0.3 is 20.4 Å². The maximum atomic E-state index is 15.0. The van der Waals surface area contributed by atoms with E-state index in [9.17, 15) is 18.4 Å². The molecule has 39 heavy (non-hydrogen) atoms. The van der Waals surface area contributed by atoms with Crippen LogP contribution in [0.2, 0.25) is 0 Å². The van der Waals surface area contributed by atoms with Gasteiger partial charge in [0.2, 0.25) is 5.01 Å². The molecule has 1 aliphatic carbocycles. The third-order valence-electron chi connectivity index (χ3n) is 6.50. The first-order valence-electron chi connectivity index (χ1n) is 12.4. The molecule has 3 aromatic heterocycles. The summed E-state index contributed by atoms with van der Waals surface area (Å²) >= 11 is 1.04. The molecule has 5 rings (SSSR count). The second-order valence-electron chi connectivity index (χ2n) is 9.24. The number of hydrogen-bond donors (Lipinski definition) is 3. The molecule has 1 aromatic carbocycles. The minimum atomic E-state index is -0.751. The smallest absolute Gasteiger partial charge is 0.367 e. The minimum absolute atomic E-state index is 0.0284. The summed E-state index contributed by atoms with van der Waals surface area (Å²) in [4.78, 5) is 39.9.